The highest BCUT2D eigenvalue weighted by Crippen LogP contribution is 2.39. The van der Waals surface area contributed by atoms with Gasteiger partial charge < -0.3 is 10.1 Å². The molecule has 1 aromatic rings. The molecule has 0 saturated carbocycles. The summed E-state index contributed by atoms with van der Waals surface area (Å²) in [6.07, 6.45) is 0.689. The number of nitrogens with one attached hydrogen (secondary N) is 1. The average Bonchev–Trinajstić information content (AvgIpc) is 2.26. The van der Waals surface area contributed by atoms with E-state index in [0.29, 0.717) is 12.0 Å². The van der Waals surface area contributed by atoms with Gasteiger partial charge in [-0.2, -0.15) is 5.26 Å². The molecule has 0 spiro atoms. The zero-order valence-electron chi connectivity index (χ0n) is 10.8. The number of nitrogens with zero attached hydrogens (tertiary/aromatic N) is 1. The van der Waals surface area contributed by atoms with Crippen molar-refractivity contribution in [3.05, 3.63) is 29.3 Å². The van der Waals surface area contributed by atoms with E-state index in [1.54, 1.807) is 18.2 Å². The maximum atomic E-state index is 11.3. The maximum absolute atomic E-state index is 11.3. The molecule has 94 valence electrons. The molecule has 0 unspecified atom stereocenters. The number of carbonyl (C=O) groups is 1. The highest BCUT2D eigenvalue weighted by Gasteiger charge is 2.34. The van der Waals surface area contributed by atoms with Crippen LogP contribution in [-0.2, 0) is 4.79 Å². The number of fused-ring (bicyclic) bond motifs is 1. The lowest BCUT2D eigenvalue weighted by Gasteiger charge is -2.37. The van der Waals surface area contributed by atoms with Crippen molar-refractivity contribution in [2.24, 2.45) is 0 Å². The Kier molecular flexibility index (Phi) is 3.00. The van der Waals surface area contributed by atoms with E-state index >= 15 is 0 Å². The topological polar surface area (TPSA) is 62.1 Å². The lowest BCUT2D eigenvalue weighted by atomic mass is 9.89. The van der Waals surface area contributed by atoms with Gasteiger partial charge in [0.25, 0.3) is 0 Å². The van der Waals surface area contributed by atoms with E-state index in [4.69, 9.17) is 10.00 Å². The first-order valence-electron chi connectivity index (χ1n) is 5.91. The van der Waals surface area contributed by atoms with E-state index < -0.39 is 0 Å². The maximum Gasteiger partial charge on any atom is 0.217 e. The molecule has 0 saturated heterocycles. The molecule has 1 N–H and O–H groups in total. The Morgan fingerprint density at radius 2 is 2.28 bits per heavy atom. The SMILES string of the molecule is CC(=O)N[C@H]1CC(C)(C)Oc2ccc(C#N)cc21. The van der Waals surface area contributed by atoms with Crippen molar-refractivity contribution >= 4 is 5.91 Å². The molecule has 0 radical (unpaired) electrons. The number of rotatable bonds is 1. The fraction of sp³-hybridized carbons (Fsp3) is 0.429. The molecule has 18 heavy (non-hydrogen) atoms. The van der Waals surface area contributed by atoms with Gasteiger partial charge in [0.15, 0.2) is 0 Å². The normalized spacial score (nSPS) is 20.2. The molecule has 0 aromatic heterocycles. The fourth-order valence-corrected chi connectivity index (χ4v) is 2.30. The Bertz CT molecular complexity index is 529. The summed E-state index contributed by atoms with van der Waals surface area (Å²) in [4.78, 5) is 11.3. The number of hydrogen-bond donors (Lipinski definition) is 1. The second-order valence-electron chi connectivity index (χ2n) is 5.18. The predicted octanol–water partition coefficient (Wildman–Crippen LogP) is 2.30. The highest BCUT2D eigenvalue weighted by molar-refractivity contribution is 5.73. The van der Waals surface area contributed by atoms with Gasteiger partial charge >= 0.3 is 0 Å². The fourth-order valence-electron chi connectivity index (χ4n) is 2.30. The molecule has 1 aliphatic heterocycles. The third-order valence-electron chi connectivity index (χ3n) is 2.97. The first kappa shape index (κ1) is 12.4. The van der Waals surface area contributed by atoms with E-state index in [9.17, 15) is 4.79 Å². The number of benzene rings is 1. The minimum Gasteiger partial charge on any atom is -0.487 e. The van der Waals surface area contributed by atoms with Crippen molar-refractivity contribution in [1.29, 1.82) is 5.26 Å². The van der Waals surface area contributed by atoms with Gasteiger partial charge in [0.2, 0.25) is 5.91 Å². The van der Waals surface area contributed by atoms with Crippen LogP contribution in [0.4, 0.5) is 0 Å². The lowest BCUT2D eigenvalue weighted by Crippen LogP contribution is -2.40. The van der Waals surface area contributed by atoms with Crippen LogP contribution in [0.15, 0.2) is 18.2 Å². The van der Waals surface area contributed by atoms with Crippen molar-refractivity contribution < 1.29 is 9.53 Å². The molecule has 1 amide bonds. The van der Waals surface area contributed by atoms with Crippen LogP contribution < -0.4 is 10.1 Å². The standard InChI is InChI=1S/C14H16N2O2/c1-9(17)16-12-7-14(2,3)18-13-5-4-10(8-15)6-11(12)13/h4-6,12H,7H2,1-3H3,(H,16,17)/t12-/m0/s1. The Labute approximate surface area is 107 Å². The van der Waals surface area contributed by atoms with Gasteiger partial charge in [-0.05, 0) is 32.0 Å². The Morgan fingerprint density at radius 3 is 2.89 bits per heavy atom. The molecule has 1 aliphatic rings. The van der Waals surface area contributed by atoms with Gasteiger partial charge in [0, 0.05) is 18.9 Å². The van der Waals surface area contributed by atoms with Gasteiger partial charge in [-0.1, -0.05) is 0 Å². The molecule has 1 atom stereocenters. The number of amides is 1. The first-order chi connectivity index (χ1) is 8.41. The van der Waals surface area contributed by atoms with Crippen molar-refractivity contribution in [3.63, 3.8) is 0 Å². The first-order valence-corrected chi connectivity index (χ1v) is 5.91. The highest BCUT2D eigenvalue weighted by atomic mass is 16.5. The molecule has 0 fully saturated rings. The number of carbonyl (C=O) groups excluding carboxylic acids is 1. The summed E-state index contributed by atoms with van der Waals surface area (Å²) in [6.45, 7) is 5.47. The Hall–Kier alpha value is -2.02. The van der Waals surface area contributed by atoms with Crippen LogP contribution in [-0.4, -0.2) is 11.5 Å². The molecular formula is C14H16N2O2. The summed E-state index contributed by atoms with van der Waals surface area (Å²) in [6, 6.07) is 7.31. The Morgan fingerprint density at radius 1 is 1.56 bits per heavy atom. The number of ether oxygens (including phenoxy) is 1. The zero-order chi connectivity index (χ0) is 13.3. The minimum atomic E-state index is -0.325. The zero-order valence-corrected chi connectivity index (χ0v) is 10.8. The van der Waals surface area contributed by atoms with Crippen LogP contribution in [0.2, 0.25) is 0 Å². The van der Waals surface area contributed by atoms with Crippen molar-refractivity contribution in [3.8, 4) is 11.8 Å². The molecule has 4 heteroatoms. The quantitative estimate of drug-likeness (QED) is 0.824. The molecule has 0 bridgehead atoms. The Balaban J connectivity index is 2.44. The second kappa shape index (κ2) is 4.34. The van der Waals surface area contributed by atoms with Gasteiger partial charge in [0.1, 0.15) is 11.4 Å². The summed E-state index contributed by atoms with van der Waals surface area (Å²) < 4.78 is 5.87. The predicted molar refractivity (Wildman–Crippen MR) is 67.0 cm³/mol. The van der Waals surface area contributed by atoms with Gasteiger partial charge in [-0.15, -0.1) is 0 Å². The van der Waals surface area contributed by atoms with E-state index in [1.807, 2.05) is 13.8 Å². The summed E-state index contributed by atoms with van der Waals surface area (Å²) in [5, 5.41) is 11.8. The van der Waals surface area contributed by atoms with E-state index in [1.165, 1.54) is 6.92 Å². The monoisotopic (exact) mass is 244 g/mol. The van der Waals surface area contributed by atoms with Crippen LogP contribution in [0, 0.1) is 11.3 Å². The van der Waals surface area contributed by atoms with Crippen molar-refractivity contribution in [2.45, 2.75) is 38.8 Å². The van der Waals surface area contributed by atoms with Crippen molar-refractivity contribution in [2.75, 3.05) is 0 Å². The van der Waals surface area contributed by atoms with Crippen molar-refractivity contribution in [1.82, 2.24) is 5.32 Å². The third-order valence-corrected chi connectivity index (χ3v) is 2.97. The number of hydrogen-bond acceptors (Lipinski definition) is 3. The van der Waals surface area contributed by atoms with Gasteiger partial charge in [0.05, 0.1) is 17.7 Å². The molecule has 1 aromatic carbocycles. The van der Waals surface area contributed by atoms with E-state index in [0.717, 1.165) is 11.3 Å². The number of nitriles is 1. The van der Waals surface area contributed by atoms with Crippen LogP contribution >= 0.6 is 0 Å². The van der Waals surface area contributed by atoms with Crippen LogP contribution in [0.3, 0.4) is 0 Å². The molecular weight excluding hydrogens is 228 g/mol. The second-order valence-corrected chi connectivity index (χ2v) is 5.18. The summed E-state index contributed by atoms with van der Waals surface area (Å²) >= 11 is 0. The van der Waals surface area contributed by atoms with Crippen LogP contribution in [0.1, 0.15) is 44.4 Å². The van der Waals surface area contributed by atoms with E-state index in [2.05, 4.69) is 11.4 Å². The van der Waals surface area contributed by atoms with Crippen LogP contribution in [0.5, 0.6) is 5.75 Å². The largest absolute Gasteiger partial charge is 0.487 e. The van der Waals surface area contributed by atoms with Gasteiger partial charge in [-0.25, -0.2) is 0 Å². The summed E-state index contributed by atoms with van der Waals surface area (Å²) in [7, 11) is 0. The average molecular weight is 244 g/mol. The summed E-state index contributed by atoms with van der Waals surface area (Å²) in [5.41, 5.74) is 1.13. The van der Waals surface area contributed by atoms with Crippen LogP contribution in [0.25, 0.3) is 0 Å². The smallest absolute Gasteiger partial charge is 0.217 e. The minimum absolute atomic E-state index is 0.0778. The third kappa shape index (κ3) is 2.45. The lowest BCUT2D eigenvalue weighted by molar-refractivity contribution is -0.120. The molecule has 0 aliphatic carbocycles. The summed E-state index contributed by atoms with van der Waals surface area (Å²) in [5.74, 6) is 0.662. The molecule has 1 heterocycles. The van der Waals surface area contributed by atoms with Gasteiger partial charge in [-0.3, -0.25) is 4.79 Å². The van der Waals surface area contributed by atoms with E-state index in [-0.39, 0.29) is 17.6 Å². The molecule has 4 nitrogen and oxygen atoms in total. The molecule has 2 rings (SSSR count).